The number of halogens is 1. The molecule has 6 heteroatoms. The number of hydrogen-bond donors (Lipinski definition) is 2. The van der Waals surface area contributed by atoms with Crippen LogP contribution in [0.1, 0.15) is 20.8 Å². The first-order chi connectivity index (χ1) is 8.76. The third-order valence-electron chi connectivity index (χ3n) is 1.92. The minimum Gasteiger partial charge on any atom is -0.444 e. The van der Waals surface area contributed by atoms with E-state index in [2.05, 4.69) is 10.6 Å². The van der Waals surface area contributed by atoms with Gasteiger partial charge >= 0.3 is 6.09 Å². The van der Waals surface area contributed by atoms with Crippen LogP contribution in [0, 0.1) is 0 Å². The van der Waals surface area contributed by atoms with Crippen LogP contribution in [0.5, 0.6) is 0 Å². The number of ether oxygens (including phenoxy) is 1. The molecular weight excluding hydrogens is 268 g/mol. The van der Waals surface area contributed by atoms with E-state index in [-0.39, 0.29) is 12.5 Å². The molecule has 104 valence electrons. The minimum absolute atomic E-state index is 0.155. The van der Waals surface area contributed by atoms with Crippen molar-refractivity contribution < 1.29 is 14.3 Å². The van der Waals surface area contributed by atoms with Gasteiger partial charge in [-0.05, 0) is 45.0 Å². The Labute approximate surface area is 117 Å². The van der Waals surface area contributed by atoms with E-state index in [1.54, 1.807) is 45.0 Å². The lowest BCUT2D eigenvalue weighted by Crippen LogP contribution is -2.37. The van der Waals surface area contributed by atoms with Crippen LogP contribution in [0.2, 0.25) is 5.02 Å². The maximum atomic E-state index is 11.6. The van der Waals surface area contributed by atoms with Crippen LogP contribution in [0.15, 0.2) is 24.3 Å². The zero-order valence-electron chi connectivity index (χ0n) is 11.1. The molecule has 5 nitrogen and oxygen atoms in total. The number of anilines is 1. The van der Waals surface area contributed by atoms with Crippen molar-refractivity contribution in [1.82, 2.24) is 5.32 Å². The maximum absolute atomic E-state index is 11.6. The number of alkyl carbamates (subject to hydrolysis) is 1. The van der Waals surface area contributed by atoms with Crippen molar-refractivity contribution in [3.05, 3.63) is 29.3 Å². The number of benzene rings is 1. The predicted molar refractivity (Wildman–Crippen MR) is 74.3 cm³/mol. The molecule has 0 radical (unpaired) electrons. The molecule has 1 aromatic carbocycles. The summed E-state index contributed by atoms with van der Waals surface area (Å²) >= 11 is 5.73. The average molecular weight is 285 g/mol. The van der Waals surface area contributed by atoms with Crippen molar-refractivity contribution in [2.75, 3.05) is 11.9 Å². The van der Waals surface area contributed by atoms with Gasteiger partial charge in [-0.15, -0.1) is 0 Å². The van der Waals surface area contributed by atoms with Gasteiger partial charge in [-0.1, -0.05) is 11.6 Å². The standard InChI is InChI=1S/C13H17ClN2O3/c1-13(2,3)19-12(18)15-8-11(17)16-10-6-4-9(14)5-7-10/h4-7H,8H2,1-3H3,(H,15,18)(H,16,17). The van der Waals surface area contributed by atoms with E-state index in [9.17, 15) is 9.59 Å². The van der Waals surface area contributed by atoms with Gasteiger partial charge < -0.3 is 15.4 Å². The molecule has 0 bridgehead atoms. The largest absolute Gasteiger partial charge is 0.444 e. The average Bonchev–Trinajstić information content (AvgIpc) is 2.27. The van der Waals surface area contributed by atoms with Gasteiger partial charge in [-0.3, -0.25) is 4.79 Å². The zero-order chi connectivity index (χ0) is 14.5. The summed E-state index contributed by atoms with van der Waals surface area (Å²) in [6.45, 7) is 5.10. The highest BCUT2D eigenvalue weighted by Crippen LogP contribution is 2.13. The van der Waals surface area contributed by atoms with Crippen molar-refractivity contribution in [3.63, 3.8) is 0 Å². The van der Waals surface area contributed by atoms with Crippen LogP contribution in [0.4, 0.5) is 10.5 Å². The van der Waals surface area contributed by atoms with Gasteiger partial charge in [-0.25, -0.2) is 4.79 Å². The fourth-order valence-corrected chi connectivity index (χ4v) is 1.33. The van der Waals surface area contributed by atoms with Gasteiger partial charge in [0.15, 0.2) is 0 Å². The summed E-state index contributed by atoms with van der Waals surface area (Å²) in [5.41, 5.74) is 0.0249. The molecule has 1 rings (SSSR count). The number of carbonyl (C=O) groups excluding carboxylic acids is 2. The molecule has 1 aromatic rings. The Morgan fingerprint density at radius 2 is 1.79 bits per heavy atom. The molecule has 0 aliphatic carbocycles. The summed E-state index contributed by atoms with van der Waals surface area (Å²) < 4.78 is 5.01. The lowest BCUT2D eigenvalue weighted by Gasteiger charge is -2.19. The fraction of sp³-hybridized carbons (Fsp3) is 0.385. The van der Waals surface area contributed by atoms with Crippen LogP contribution >= 0.6 is 11.6 Å². The first-order valence-corrected chi connectivity index (χ1v) is 6.16. The third kappa shape index (κ3) is 6.67. The molecule has 0 aromatic heterocycles. The molecule has 0 atom stereocenters. The molecular formula is C13H17ClN2O3. The van der Waals surface area contributed by atoms with Gasteiger partial charge in [0.1, 0.15) is 12.1 Å². The van der Waals surface area contributed by atoms with Crippen molar-refractivity contribution in [2.45, 2.75) is 26.4 Å². The quantitative estimate of drug-likeness (QED) is 0.897. The van der Waals surface area contributed by atoms with Crippen LogP contribution in [-0.2, 0) is 9.53 Å². The lowest BCUT2D eigenvalue weighted by molar-refractivity contribution is -0.115. The van der Waals surface area contributed by atoms with E-state index in [1.807, 2.05) is 0 Å². The molecule has 0 saturated carbocycles. The molecule has 2 amide bonds. The molecule has 2 N–H and O–H groups in total. The second kappa shape index (κ2) is 6.43. The second-order valence-electron chi connectivity index (χ2n) is 4.91. The maximum Gasteiger partial charge on any atom is 0.408 e. The van der Waals surface area contributed by atoms with Crippen LogP contribution < -0.4 is 10.6 Å². The molecule has 0 spiro atoms. The Kier molecular flexibility index (Phi) is 5.18. The molecule has 0 heterocycles. The number of rotatable bonds is 3. The minimum atomic E-state index is -0.626. The van der Waals surface area contributed by atoms with Gasteiger partial charge in [0.2, 0.25) is 5.91 Å². The summed E-state index contributed by atoms with van der Waals surface area (Å²) in [5, 5.41) is 5.58. The third-order valence-corrected chi connectivity index (χ3v) is 2.17. The van der Waals surface area contributed by atoms with Crippen LogP contribution in [-0.4, -0.2) is 24.1 Å². The normalized spacial score (nSPS) is 10.7. The number of amides is 2. The number of nitrogens with one attached hydrogen (secondary N) is 2. The SMILES string of the molecule is CC(C)(C)OC(=O)NCC(=O)Nc1ccc(Cl)cc1. The summed E-state index contributed by atoms with van der Waals surface area (Å²) in [7, 11) is 0. The highest BCUT2D eigenvalue weighted by atomic mass is 35.5. The highest BCUT2D eigenvalue weighted by molar-refractivity contribution is 6.30. The van der Waals surface area contributed by atoms with Gasteiger partial charge in [0.25, 0.3) is 0 Å². The Morgan fingerprint density at radius 3 is 2.32 bits per heavy atom. The summed E-state index contributed by atoms with van der Waals surface area (Å²) in [6, 6.07) is 6.68. The van der Waals surface area contributed by atoms with E-state index in [4.69, 9.17) is 16.3 Å². The predicted octanol–water partition coefficient (Wildman–Crippen LogP) is 2.80. The van der Waals surface area contributed by atoms with Gasteiger partial charge in [0.05, 0.1) is 0 Å². The Hall–Kier alpha value is -1.75. The van der Waals surface area contributed by atoms with E-state index in [0.29, 0.717) is 10.7 Å². The Balaban J connectivity index is 2.36. The summed E-state index contributed by atoms with van der Waals surface area (Å²) in [4.78, 5) is 22.9. The van der Waals surface area contributed by atoms with Crippen LogP contribution in [0.3, 0.4) is 0 Å². The monoisotopic (exact) mass is 284 g/mol. The topological polar surface area (TPSA) is 67.4 Å². The van der Waals surface area contributed by atoms with E-state index in [1.165, 1.54) is 0 Å². The zero-order valence-corrected chi connectivity index (χ0v) is 11.9. The summed E-state index contributed by atoms with van der Waals surface area (Å²) in [5.74, 6) is -0.340. The van der Waals surface area contributed by atoms with E-state index >= 15 is 0 Å². The molecule has 0 unspecified atom stereocenters. The summed E-state index contributed by atoms with van der Waals surface area (Å²) in [6.07, 6.45) is -0.626. The molecule has 0 fully saturated rings. The first-order valence-electron chi connectivity index (χ1n) is 5.78. The highest BCUT2D eigenvalue weighted by Gasteiger charge is 2.16. The van der Waals surface area contributed by atoms with Crippen LogP contribution in [0.25, 0.3) is 0 Å². The second-order valence-corrected chi connectivity index (χ2v) is 5.35. The van der Waals surface area contributed by atoms with Crippen molar-refractivity contribution in [3.8, 4) is 0 Å². The van der Waals surface area contributed by atoms with Gasteiger partial charge in [-0.2, -0.15) is 0 Å². The van der Waals surface area contributed by atoms with Crippen molar-refractivity contribution in [2.24, 2.45) is 0 Å². The smallest absolute Gasteiger partial charge is 0.408 e. The Morgan fingerprint density at radius 1 is 1.21 bits per heavy atom. The van der Waals surface area contributed by atoms with E-state index < -0.39 is 11.7 Å². The molecule has 0 aliphatic heterocycles. The Bertz CT molecular complexity index is 452. The van der Waals surface area contributed by atoms with Crippen molar-refractivity contribution in [1.29, 1.82) is 0 Å². The number of carbonyl (C=O) groups is 2. The molecule has 19 heavy (non-hydrogen) atoms. The molecule has 0 saturated heterocycles. The number of hydrogen-bond acceptors (Lipinski definition) is 3. The lowest BCUT2D eigenvalue weighted by atomic mass is 10.2. The fourth-order valence-electron chi connectivity index (χ4n) is 1.21. The molecule has 0 aliphatic rings. The van der Waals surface area contributed by atoms with Crippen molar-refractivity contribution >= 4 is 29.3 Å². The van der Waals surface area contributed by atoms with E-state index in [0.717, 1.165) is 0 Å². The first kappa shape index (κ1) is 15.3. The van der Waals surface area contributed by atoms with Gasteiger partial charge in [0, 0.05) is 10.7 Å².